The zero-order chi connectivity index (χ0) is 19.9. The Morgan fingerprint density at radius 2 is 2.07 bits per heavy atom. The number of rotatable bonds is 7. The van der Waals surface area contributed by atoms with Crippen molar-refractivity contribution in [2.24, 2.45) is 0 Å². The normalized spacial score (nSPS) is 11.0. The van der Waals surface area contributed by atoms with Crippen molar-refractivity contribution in [2.75, 3.05) is 7.05 Å². The van der Waals surface area contributed by atoms with E-state index in [4.69, 9.17) is 16.3 Å². The van der Waals surface area contributed by atoms with E-state index in [-0.39, 0.29) is 5.91 Å². The van der Waals surface area contributed by atoms with Gasteiger partial charge in [-0.2, -0.15) is 0 Å². The van der Waals surface area contributed by atoms with Gasteiger partial charge in [0.15, 0.2) is 0 Å². The second-order valence-electron chi connectivity index (χ2n) is 6.34. The molecule has 0 saturated heterocycles. The molecule has 0 fully saturated rings. The molecule has 28 heavy (non-hydrogen) atoms. The van der Waals surface area contributed by atoms with Gasteiger partial charge in [0.2, 0.25) is 5.91 Å². The Hall–Kier alpha value is -2.63. The summed E-state index contributed by atoms with van der Waals surface area (Å²) in [5.41, 5.74) is 2.73. The number of aryl methyl sites for hydroxylation is 1. The number of halogens is 1. The van der Waals surface area contributed by atoms with Crippen LogP contribution in [0.1, 0.15) is 21.8 Å². The van der Waals surface area contributed by atoms with Crippen LogP contribution < -0.4 is 4.74 Å². The summed E-state index contributed by atoms with van der Waals surface area (Å²) in [6.45, 7) is 2.86. The molecule has 1 heterocycles. The van der Waals surface area contributed by atoms with Crippen LogP contribution in [0.3, 0.4) is 0 Å². The number of nitrogens with zero attached hydrogens (tertiary/aromatic N) is 2. The second-order valence-corrected chi connectivity index (χ2v) is 7.81. The van der Waals surface area contributed by atoms with E-state index in [0.717, 1.165) is 27.6 Å². The highest BCUT2D eigenvalue weighted by atomic mass is 35.5. The Morgan fingerprint density at radius 1 is 1.25 bits per heavy atom. The van der Waals surface area contributed by atoms with Crippen molar-refractivity contribution in [1.29, 1.82) is 0 Å². The minimum Gasteiger partial charge on any atom is -0.487 e. The quantitative estimate of drug-likeness (QED) is 0.491. The fourth-order valence-electron chi connectivity index (χ4n) is 2.59. The molecule has 0 aliphatic heterocycles. The van der Waals surface area contributed by atoms with Gasteiger partial charge in [-0.3, -0.25) is 4.79 Å². The van der Waals surface area contributed by atoms with Gasteiger partial charge < -0.3 is 9.64 Å². The molecule has 6 heteroatoms. The SMILES string of the molecule is Cc1nc(COc2cccc(/C=C\C(=O)N(C)Cc3ccccc3Cl)c2)cs1. The molecule has 0 spiro atoms. The predicted molar refractivity (Wildman–Crippen MR) is 115 cm³/mol. The third-order valence-corrected chi connectivity index (χ3v) is 5.26. The summed E-state index contributed by atoms with van der Waals surface area (Å²) in [6.07, 6.45) is 3.34. The smallest absolute Gasteiger partial charge is 0.246 e. The van der Waals surface area contributed by atoms with Crippen LogP contribution in [0.15, 0.2) is 60.0 Å². The minimum absolute atomic E-state index is 0.0933. The average molecular weight is 413 g/mol. The number of benzene rings is 2. The van der Waals surface area contributed by atoms with Gasteiger partial charge >= 0.3 is 0 Å². The molecule has 3 rings (SSSR count). The number of carbonyl (C=O) groups is 1. The molecule has 0 aliphatic rings. The number of hydrogen-bond acceptors (Lipinski definition) is 4. The third kappa shape index (κ3) is 5.68. The largest absolute Gasteiger partial charge is 0.487 e. The molecule has 144 valence electrons. The van der Waals surface area contributed by atoms with Gasteiger partial charge in [0.05, 0.1) is 10.7 Å². The molecule has 0 bridgehead atoms. The van der Waals surface area contributed by atoms with Gasteiger partial charge in [-0.15, -0.1) is 11.3 Å². The summed E-state index contributed by atoms with van der Waals surface area (Å²) in [5.74, 6) is 0.647. The number of thiazole rings is 1. The molecule has 0 saturated carbocycles. The summed E-state index contributed by atoms with van der Waals surface area (Å²) in [5, 5.41) is 3.67. The van der Waals surface area contributed by atoms with Gasteiger partial charge in [-0.1, -0.05) is 41.9 Å². The number of ether oxygens (including phenoxy) is 1. The molecule has 1 amide bonds. The number of amides is 1. The van der Waals surface area contributed by atoms with E-state index in [1.807, 2.05) is 60.8 Å². The van der Waals surface area contributed by atoms with Gasteiger partial charge in [0, 0.05) is 30.1 Å². The number of carbonyl (C=O) groups excluding carboxylic acids is 1. The molecule has 0 atom stereocenters. The van der Waals surface area contributed by atoms with Crippen LogP contribution in [0.25, 0.3) is 6.08 Å². The topological polar surface area (TPSA) is 42.4 Å². The summed E-state index contributed by atoms with van der Waals surface area (Å²) >= 11 is 7.77. The van der Waals surface area contributed by atoms with E-state index < -0.39 is 0 Å². The van der Waals surface area contributed by atoms with Gasteiger partial charge in [0.1, 0.15) is 12.4 Å². The maximum Gasteiger partial charge on any atom is 0.246 e. The lowest BCUT2D eigenvalue weighted by Gasteiger charge is -2.16. The second kappa shape index (κ2) is 9.53. The lowest BCUT2D eigenvalue weighted by molar-refractivity contribution is -0.125. The highest BCUT2D eigenvalue weighted by Crippen LogP contribution is 2.18. The highest BCUT2D eigenvalue weighted by Gasteiger charge is 2.08. The first-order chi connectivity index (χ1) is 13.5. The molecule has 0 N–H and O–H groups in total. The molecule has 2 aromatic carbocycles. The molecule has 4 nitrogen and oxygen atoms in total. The van der Waals surface area contributed by atoms with Crippen LogP contribution in [0.2, 0.25) is 5.02 Å². The fourth-order valence-corrected chi connectivity index (χ4v) is 3.39. The maximum atomic E-state index is 12.4. The van der Waals surface area contributed by atoms with Crippen molar-refractivity contribution in [2.45, 2.75) is 20.1 Å². The van der Waals surface area contributed by atoms with Crippen molar-refractivity contribution >= 4 is 34.9 Å². The summed E-state index contributed by atoms with van der Waals surface area (Å²) < 4.78 is 5.79. The lowest BCUT2D eigenvalue weighted by Crippen LogP contribution is -2.24. The Balaban J connectivity index is 1.58. The van der Waals surface area contributed by atoms with Crippen LogP contribution in [-0.2, 0) is 17.9 Å². The molecular weight excluding hydrogens is 392 g/mol. The Labute approximate surface area is 174 Å². The fraction of sp³-hybridized carbons (Fsp3) is 0.182. The van der Waals surface area contributed by atoms with Crippen molar-refractivity contribution in [3.05, 3.63) is 86.8 Å². The Kier molecular flexibility index (Phi) is 6.85. The van der Waals surface area contributed by atoms with E-state index in [9.17, 15) is 4.79 Å². The van der Waals surface area contributed by atoms with E-state index in [1.165, 1.54) is 0 Å². The summed E-state index contributed by atoms with van der Waals surface area (Å²) in [4.78, 5) is 18.4. The lowest BCUT2D eigenvalue weighted by atomic mass is 10.2. The van der Waals surface area contributed by atoms with E-state index in [1.54, 1.807) is 35.4 Å². The third-order valence-electron chi connectivity index (χ3n) is 4.07. The van der Waals surface area contributed by atoms with Gasteiger partial charge in [-0.25, -0.2) is 4.98 Å². The number of aromatic nitrogens is 1. The molecule has 0 radical (unpaired) electrons. The molecule has 0 unspecified atom stereocenters. The average Bonchev–Trinajstić information content (AvgIpc) is 3.12. The van der Waals surface area contributed by atoms with Crippen LogP contribution in [0.5, 0.6) is 5.75 Å². The first-order valence-corrected chi connectivity index (χ1v) is 10.1. The van der Waals surface area contributed by atoms with E-state index in [0.29, 0.717) is 18.2 Å². The summed E-state index contributed by atoms with van der Waals surface area (Å²) in [7, 11) is 1.76. The first-order valence-electron chi connectivity index (χ1n) is 8.82. The predicted octanol–water partition coefficient (Wildman–Crippen LogP) is 5.36. The highest BCUT2D eigenvalue weighted by molar-refractivity contribution is 7.09. The number of hydrogen-bond donors (Lipinski definition) is 0. The zero-order valence-electron chi connectivity index (χ0n) is 15.8. The molecule has 3 aromatic rings. The van der Waals surface area contributed by atoms with E-state index in [2.05, 4.69) is 4.98 Å². The van der Waals surface area contributed by atoms with Crippen LogP contribution >= 0.6 is 22.9 Å². The van der Waals surface area contributed by atoms with Crippen LogP contribution in [0, 0.1) is 6.92 Å². The maximum absolute atomic E-state index is 12.4. The van der Waals surface area contributed by atoms with Crippen molar-refractivity contribution in [3.63, 3.8) is 0 Å². The Morgan fingerprint density at radius 3 is 2.82 bits per heavy atom. The van der Waals surface area contributed by atoms with Gasteiger partial charge in [-0.05, 0) is 42.3 Å². The monoisotopic (exact) mass is 412 g/mol. The van der Waals surface area contributed by atoms with E-state index >= 15 is 0 Å². The number of likely N-dealkylation sites (N-methyl/N-ethyl adjacent to an activating group) is 1. The Bertz CT molecular complexity index is 984. The molecular formula is C22H21ClN2O2S. The molecule has 0 aliphatic carbocycles. The zero-order valence-corrected chi connectivity index (χ0v) is 17.3. The first kappa shape index (κ1) is 20.1. The van der Waals surface area contributed by atoms with Crippen molar-refractivity contribution in [3.8, 4) is 5.75 Å². The summed E-state index contributed by atoms with van der Waals surface area (Å²) in [6, 6.07) is 15.1. The van der Waals surface area contributed by atoms with Crippen LogP contribution in [0.4, 0.5) is 0 Å². The minimum atomic E-state index is -0.0933. The van der Waals surface area contributed by atoms with Crippen molar-refractivity contribution in [1.82, 2.24) is 9.88 Å². The van der Waals surface area contributed by atoms with Crippen molar-refractivity contribution < 1.29 is 9.53 Å². The standard InChI is InChI=1S/C22H21ClN2O2S/c1-16-24-19(15-28-16)14-27-20-8-5-6-17(12-20)10-11-22(26)25(2)13-18-7-3-4-9-21(18)23/h3-12,15H,13-14H2,1-2H3/b11-10-. The molecule has 1 aromatic heterocycles. The van der Waals surface area contributed by atoms with Gasteiger partial charge in [0.25, 0.3) is 0 Å². The van der Waals surface area contributed by atoms with Crippen LogP contribution in [-0.4, -0.2) is 22.8 Å².